The maximum atomic E-state index is 13.0. The predicted octanol–water partition coefficient (Wildman–Crippen LogP) is 3.63. The molecule has 19 heavy (non-hydrogen) atoms. The molecule has 0 saturated carbocycles. The van der Waals surface area contributed by atoms with Crippen molar-refractivity contribution in [2.45, 2.75) is 39.0 Å². The Labute approximate surface area is 111 Å². The van der Waals surface area contributed by atoms with Crippen LogP contribution in [0.25, 0.3) is 0 Å². The third-order valence-electron chi connectivity index (χ3n) is 3.79. The number of benzene rings is 1. The monoisotopic (exact) mass is 269 g/mol. The zero-order chi connectivity index (χ0) is 13.6. The minimum Gasteiger partial charge on any atom is -0.395 e. The Hall–Kier alpha value is -1.52. The van der Waals surface area contributed by atoms with Gasteiger partial charge in [-0.05, 0) is 30.9 Å². The molecule has 5 heteroatoms. The summed E-state index contributed by atoms with van der Waals surface area (Å²) in [7, 11) is 0. The van der Waals surface area contributed by atoms with E-state index in [-0.39, 0.29) is 11.5 Å². The lowest BCUT2D eigenvalue weighted by atomic mass is 10.0. The Morgan fingerprint density at radius 3 is 2.74 bits per heavy atom. The van der Waals surface area contributed by atoms with Crippen LogP contribution in [0.4, 0.5) is 14.5 Å². The van der Waals surface area contributed by atoms with Gasteiger partial charge in [0, 0.05) is 24.3 Å². The van der Waals surface area contributed by atoms with Crippen molar-refractivity contribution in [3.05, 3.63) is 18.2 Å². The van der Waals surface area contributed by atoms with E-state index in [0.717, 1.165) is 25.1 Å². The third kappa shape index (κ3) is 2.22. The summed E-state index contributed by atoms with van der Waals surface area (Å²) in [5, 5.41) is 0. The lowest BCUT2D eigenvalue weighted by Gasteiger charge is -2.29. The molecule has 104 valence electrons. The summed E-state index contributed by atoms with van der Waals surface area (Å²) in [5.74, 6) is 0.764. The number of rotatable bonds is 2. The molecule has 2 aliphatic heterocycles. The topological polar surface area (TPSA) is 21.7 Å². The molecule has 2 aliphatic rings. The Morgan fingerprint density at radius 1 is 1.26 bits per heavy atom. The molecule has 1 aromatic carbocycles. The number of halogens is 2. The summed E-state index contributed by atoms with van der Waals surface area (Å²) < 4.78 is 34.9. The molecule has 0 radical (unpaired) electrons. The van der Waals surface area contributed by atoms with Crippen LogP contribution >= 0.6 is 0 Å². The van der Waals surface area contributed by atoms with E-state index in [2.05, 4.69) is 28.2 Å². The van der Waals surface area contributed by atoms with E-state index in [1.54, 1.807) is 12.1 Å². The van der Waals surface area contributed by atoms with Gasteiger partial charge in [0.2, 0.25) is 0 Å². The number of nitrogens with zero attached hydrogens (tertiary/aromatic N) is 1. The minimum atomic E-state index is -3.54. The fraction of sp³-hybridized carbons (Fsp3) is 0.571. The molecule has 0 amide bonds. The van der Waals surface area contributed by atoms with Crippen molar-refractivity contribution < 1.29 is 18.3 Å². The molecular weight excluding hydrogens is 252 g/mol. The van der Waals surface area contributed by atoms with E-state index in [0.29, 0.717) is 12.0 Å². The van der Waals surface area contributed by atoms with E-state index >= 15 is 0 Å². The van der Waals surface area contributed by atoms with Gasteiger partial charge < -0.3 is 14.4 Å². The van der Waals surface area contributed by atoms with E-state index < -0.39 is 6.29 Å². The van der Waals surface area contributed by atoms with Crippen molar-refractivity contribution in [1.82, 2.24) is 0 Å². The van der Waals surface area contributed by atoms with E-state index in [4.69, 9.17) is 0 Å². The van der Waals surface area contributed by atoms with E-state index in [1.165, 1.54) is 0 Å². The lowest BCUT2D eigenvalue weighted by Crippen LogP contribution is -2.33. The lowest BCUT2D eigenvalue weighted by molar-refractivity contribution is -0.286. The zero-order valence-electron chi connectivity index (χ0n) is 11.0. The van der Waals surface area contributed by atoms with Crippen molar-refractivity contribution in [2.75, 3.05) is 11.4 Å². The van der Waals surface area contributed by atoms with Gasteiger partial charge in [-0.3, -0.25) is 0 Å². The van der Waals surface area contributed by atoms with Gasteiger partial charge >= 0.3 is 6.29 Å². The molecule has 3 nitrogen and oxygen atoms in total. The Kier molecular flexibility index (Phi) is 2.80. The molecular formula is C14H17F2NO2. The molecule has 0 aromatic heterocycles. The second kappa shape index (κ2) is 4.25. The van der Waals surface area contributed by atoms with Crippen molar-refractivity contribution >= 4 is 5.69 Å². The van der Waals surface area contributed by atoms with Crippen LogP contribution in [0.2, 0.25) is 0 Å². The first-order valence-corrected chi connectivity index (χ1v) is 6.63. The first-order valence-electron chi connectivity index (χ1n) is 6.63. The summed E-state index contributed by atoms with van der Waals surface area (Å²) in [4.78, 5) is 2.27. The number of hydrogen-bond acceptors (Lipinski definition) is 3. The van der Waals surface area contributed by atoms with Crippen molar-refractivity contribution in [1.29, 1.82) is 0 Å². The quantitative estimate of drug-likeness (QED) is 0.818. The smallest absolute Gasteiger partial charge is 0.395 e. The molecule has 1 fully saturated rings. The second-order valence-electron chi connectivity index (χ2n) is 5.45. The highest BCUT2D eigenvalue weighted by Crippen LogP contribution is 2.44. The van der Waals surface area contributed by atoms with Crippen molar-refractivity contribution in [3.63, 3.8) is 0 Å². The van der Waals surface area contributed by atoms with Crippen molar-refractivity contribution in [2.24, 2.45) is 5.92 Å². The molecule has 0 N–H and O–H groups in total. The summed E-state index contributed by atoms with van der Waals surface area (Å²) in [6, 6.07) is 5.49. The van der Waals surface area contributed by atoms with Gasteiger partial charge in [-0.25, -0.2) is 0 Å². The van der Waals surface area contributed by atoms with Gasteiger partial charge in [0.05, 0.1) is 0 Å². The molecule has 2 heterocycles. The Balaban J connectivity index is 1.88. The predicted molar refractivity (Wildman–Crippen MR) is 67.9 cm³/mol. The molecule has 1 saturated heterocycles. The van der Waals surface area contributed by atoms with Crippen LogP contribution in [0.3, 0.4) is 0 Å². The van der Waals surface area contributed by atoms with Crippen LogP contribution in [0.1, 0.15) is 26.7 Å². The SMILES string of the molecule is CC(C)C1CCCN1c1ccc2c(c1)OC(F)(F)O2. The number of alkyl halides is 2. The fourth-order valence-electron chi connectivity index (χ4n) is 2.92. The van der Waals surface area contributed by atoms with Crippen molar-refractivity contribution in [3.8, 4) is 11.5 Å². The van der Waals surface area contributed by atoms with Gasteiger partial charge in [0.25, 0.3) is 0 Å². The third-order valence-corrected chi connectivity index (χ3v) is 3.79. The number of anilines is 1. The van der Waals surface area contributed by atoms with Crippen LogP contribution < -0.4 is 14.4 Å². The van der Waals surface area contributed by atoms with Crippen LogP contribution in [0.5, 0.6) is 11.5 Å². The Morgan fingerprint density at radius 2 is 2.00 bits per heavy atom. The maximum Gasteiger partial charge on any atom is 0.586 e. The maximum absolute atomic E-state index is 13.0. The zero-order valence-corrected chi connectivity index (χ0v) is 11.0. The molecule has 1 atom stereocenters. The molecule has 0 bridgehead atoms. The summed E-state index contributed by atoms with van der Waals surface area (Å²) in [5.41, 5.74) is 0.927. The Bertz CT molecular complexity index is 490. The molecule has 1 unspecified atom stereocenters. The fourth-order valence-corrected chi connectivity index (χ4v) is 2.92. The van der Waals surface area contributed by atoms with Crippen LogP contribution in [-0.2, 0) is 0 Å². The average Bonchev–Trinajstić information content (AvgIpc) is 2.89. The summed E-state index contributed by atoms with van der Waals surface area (Å²) >= 11 is 0. The second-order valence-corrected chi connectivity index (χ2v) is 5.45. The summed E-state index contributed by atoms with van der Waals surface area (Å²) in [6.45, 7) is 5.33. The highest BCUT2D eigenvalue weighted by Gasteiger charge is 2.43. The van der Waals surface area contributed by atoms with E-state index in [9.17, 15) is 8.78 Å². The molecule has 3 rings (SSSR count). The number of hydrogen-bond donors (Lipinski definition) is 0. The average molecular weight is 269 g/mol. The summed E-state index contributed by atoms with van der Waals surface area (Å²) in [6.07, 6.45) is -1.26. The van der Waals surface area contributed by atoms with Crippen LogP contribution in [0.15, 0.2) is 18.2 Å². The van der Waals surface area contributed by atoms with E-state index in [1.807, 2.05) is 6.07 Å². The van der Waals surface area contributed by atoms with Gasteiger partial charge in [-0.15, -0.1) is 8.78 Å². The first kappa shape index (κ1) is 12.5. The standard InChI is InChI=1S/C14H17F2NO2/c1-9(2)11-4-3-7-17(11)10-5-6-12-13(8-10)19-14(15,16)18-12/h5-6,8-9,11H,3-4,7H2,1-2H3. The normalized spacial score (nSPS) is 24.3. The van der Waals surface area contributed by atoms with Crippen LogP contribution in [-0.4, -0.2) is 18.9 Å². The minimum absolute atomic E-state index is 0.106. The highest BCUT2D eigenvalue weighted by molar-refractivity contribution is 5.58. The van der Waals surface area contributed by atoms with Gasteiger partial charge in [0.15, 0.2) is 11.5 Å². The van der Waals surface area contributed by atoms with Crippen LogP contribution in [0, 0.1) is 5.92 Å². The largest absolute Gasteiger partial charge is 0.586 e. The molecule has 0 aliphatic carbocycles. The van der Waals surface area contributed by atoms with Gasteiger partial charge in [0.1, 0.15) is 0 Å². The molecule has 1 aromatic rings. The first-order chi connectivity index (χ1) is 8.96. The highest BCUT2D eigenvalue weighted by atomic mass is 19.3. The number of fused-ring (bicyclic) bond motifs is 1. The number of ether oxygens (including phenoxy) is 2. The van der Waals surface area contributed by atoms with Gasteiger partial charge in [-0.2, -0.15) is 0 Å². The van der Waals surface area contributed by atoms with Gasteiger partial charge in [-0.1, -0.05) is 13.8 Å². The molecule has 0 spiro atoms.